The minimum atomic E-state index is -3.82. The monoisotopic (exact) mass is 433 g/mol. The second-order valence-corrected chi connectivity index (χ2v) is 10.6. The lowest BCUT2D eigenvalue weighted by molar-refractivity contribution is -0.143. The summed E-state index contributed by atoms with van der Waals surface area (Å²) in [5.41, 5.74) is 2.00. The van der Waals surface area contributed by atoms with E-state index in [9.17, 15) is 18.3 Å². The van der Waals surface area contributed by atoms with Crippen molar-refractivity contribution >= 4 is 27.8 Å². The molecule has 0 bridgehead atoms. The lowest BCUT2D eigenvalue weighted by atomic mass is 9.90. The molecular formula is C22H27NO4S2. The van der Waals surface area contributed by atoms with Gasteiger partial charge in [-0.3, -0.25) is 4.79 Å². The highest BCUT2D eigenvalue weighted by Gasteiger charge is 2.45. The number of carboxylic acid groups (broad SMARTS) is 1. The molecule has 1 aliphatic rings. The standard InChI is InChI=1S/C22H27NO4S2/c1-3-13-28-21-14-20(17-11-9-16(2)10-12-17)23(15-19(21)22(24)25)29(26,27)18-7-5-4-6-8-18/h4-12,19-21H,3,13-15H2,1-2H3,(H,24,25)/t19-,20+,21-/m1/s1. The number of hydrogen-bond donors (Lipinski definition) is 1. The maximum Gasteiger partial charge on any atom is 0.308 e. The Kier molecular flexibility index (Phi) is 7.03. The fraction of sp³-hybridized carbons (Fsp3) is 0.409. The van der Waals surface area contributed by atoms with E-state index in [0.717, 1.165) is 23.3 Å². The van der Waals surface area contributed by atoms with Gasteiger partial charge in [-0.2, -0.15) is 16.1 Å². The summed E-state index contributed by atoms with van der Waals surface area (Å²) in [6.07, 6.45) is 1.44. The number of aryl methyl sites for hydroxylation is 1. The van der Waals surface area contributed by atoms with Gasteiger partial charge in [0.15, 0.2) is 0 Å². The minimum Gasteiger partial charge on any atom is -0.481 e. The van der Waals surface area contributed by atoms with Crippen molar-refractivity contribution in [3.8, 4) is 0 Å². The lowest BCUT2D eigenvalue weighted by Gasteiger charge is -2.41. The van der Waals surface area contributed by atoms with Crippen LogP contribution in [0.15, 0.2) is 59.5 Å². The molecule has 0 aromatic heterocycles. The van der Waals surface area contributed by atoms with Crippen LogP contribution in [0.3, 0.4) is 0 Å². The van der Waals surface area contributed by atoms with Gasteiger partial charge < -0.3 is 5.11 Å². The molecule has 3 atom stereocenters. The summed E-state index contributed by atoms with van der Waals surface area (Å²) >= 11 is 1.64. The van der Waals surface area contributed by atoms with E-state index in [1.807, 2.05) is 31.2 Å². The predicted octanol–water partition coefficient (Wildman–Crippen LogP) is 4.34. The first-order chi connectivity index (χ1) is 13.8. The molecule has 2 aromatic rings. The molecule has 0 radical (unpaired) electrons. The third kappa shape index (κ3) is 4.85. The quantitative estimate of drug-likeness (QED) is 0.703. The van der Waals surface area contributed by atoms with Crippen LogP contribution in [0.25, 0.3) is 0 Å². The molecule has 5 nitrogen and oxygen atoms in total. The van der Waals surface area contributed by atoms with E-state index in [1.54, 1.807) is 42.1 Å². The zero-order valence-corrected chi connectivity index (χ0v) is 18.3. The maximum absolute atomic E-state index is 13.5. The molecule has 0 spiro atoms. The first-order valence-corrected chi connectivity index (χ1v) is 12.3. The van der Waals surface area contributed by atoms with Crippen molar-refractivity contribution in [3.63, 3.8) is 0 Å². The van der Waals surface area contributed by atoms with Crippen molar-refractivity contribution in [2.75, 3.05) is 12.3 Å². The van der Waals surface area contributed by atoms with Gasteiger partial charge in [-0.25, -0.2) is 8.42 Å². The number of nitrogens with zero attached hydrogens (tertiary/aromatic N) is 1. The summed E-state index contributed by atoms with van der Waals surface area (Å²) in [4.78, 5) is 12.2. The largest absolute Gasteiger partial charge is 0.481 e. The molecule has 1 heterocycles. The van der Waals surface area contributed by atoms with E-state index in [-0.39, 0.29) is 22.7 Å². The van der Waals surface area contributed by atoms with Gasteiger partial charge in [0.2, 0.25) is 10.0 Å². The van der Waals surface area contributed by atoms with Crippen LogP contribution < -0.4 is 0 Å². The Labute approximate surface area is 177 Å². The molecule has 1 saturated heterocycles. The molecule has 0 unspecified atom stereocenters. The number of rotatable bonds is 7. The highest BCUT2D eigenvalue weighted by Crippen LogP contribution is 2.42. The number of sulfonamides is 1. The number of thioether (sulfide) groups is 1. The van der Waals surface area contributed by atoms with Crippen LogP contribution in [0.4, 0.5) is 0 Å². The van der Waals surface area contributed by atoms with Gasteiger partial charge in [0.05, 0.1) is 16.9 Å². The number of piperidine rings is 1. The molecule has 3 rings (SSSR count). The molecule has 7 heteroatoms. The molecule has 0 amide bonds. The fourth-order valence-electron chi connectivity index (χ4n) is 3.72. The number of carbonyl (C=O) groups is 1. The molecule has 1 aliphatic heterocycles. The van der Waals surface area contributed by atoms with Crippen LogP contribution in [0.1, 0.15) is 36.9 Å². The van der Waals surface area contributed by atoms with Crippen LogP contribution in [-0.2, 0) is 14.8 Å². The lowest BCUT2D eigenvalue weighted by Crippen LogP contribution is -2.49. The number of aliphatic carboxylic acids is 1. The minimum absolute atomic E-state index is 0.0213. The average molecular weight is 434 g/mol. The number of carboxylic acids is 1. The SMILES string of the molecule is CCCS[C@@H]1C[C@@H](c2ccc(C)cc2)N(S(=O)(=O)c2ccccc2)C[C@H]1C(=O)O. The topological polar surface area (TPSA) is 74.7 Å². The summed E-state index contributed by atoms with van der Waals surface area (Å²) in [6, 6.07) is 15.7. The van der Waals surface area contributed by atoms with Gasteiger partial charge in [0, 0.05) is 11.8 Å². The second-order valence-electron chi connectivity index (χ2n) is 7.40. The van der Waals surface area contributed by atoms with E-state index in [0.29, 0.717) is 6.42 Å². The van der Waals surface area contributed by atoms with Gasteiger partial charge in [-0.1, -0.05) is 55.0 Å². The Morgan fingerprint density at radius 2 is 1.79 bits per heavy atom. The van der Waals surface area contributed by atoms with Crippen LogP contribution in [0, 0.1) is 12.8 Å². The van der Waals surface area contributed by atoms with E-state index >= 15 is 0 Å². The molecule has 1 N–H and O–H groups in total. The van der Waals surface area contributed by atoms with Crippen molar-refractivity contribution in [1.29, 1.82) is 0 Å². The molecule has 1 fully saturated rings. The predicted molar refractivity (Wildman–Crippen MR) is 117 cm³/mol. The Hall–Kier alpha value is -1.83. The smallest absolute Gasteiger partial charge is 0.308 e. The molecule has 0 saturated carbocycles. The zero-order valence-electron chi connectivity index (χ0n) is 16.7. The first kappa shape index (κ1) is 21.9. The van der Waals surface area contributed by atoms with Crippen molar-refractivity contribution in [3.05, 3.63) is 65.7 Å². The fourth-order valence-corrected chi connectivity index (χ4v) is 6.68. The van der Waals surface area contributed by atoms with Gasteiger partial charge in [-0.05, 0) is 43.2 Å². The van der Waals surface area contributed by atoms with Crippen LogP contribution in [-0.4, -0.2) is 41.3 Å². The molecule has 29 heavy (non-hydrogen) atoms. The van der Waals surface area contributed by atoms with Crippen molar-refractivity contribution in [2.24, 2.45) is 5.92 Å². The Morgan fingerprint density at radius 1 is 1.14 bits per heavy atom. The maximum atomic E-state index is 13.5. The molecule has 0 aliphatic carbocycles. The van der Waals surface area contributed by atoms with Gasteiger partial charge in [0.25, 0.3) is 0 Å². The van der Waals surface area contributed by atoms with Crippen molar-refractivity contribution in [1.82, 2.24) is 4.31 Å². The van der Waals surface area contributed by atoms with Crippen molar-refractivity contribution < 1.29 is 18.3 Å². The van der Waals surface area contributed by atoms with Crippen LogP contribution in [0.2, 0.25) is 0 Å². The third-order valence-corrected chi connectivity index (χ3v) is 8.78. The molecular weight excluding hydrogens is 406 g/mol. The summed E-state index contributed by atoms with van der Waals surface area (Å²) in [5, 5.41) is 9.70. The molecule has 2 aromatic carbocycles. The van der Waals surface area contributed by atoms with Gasteiger partial charge >= 0.3 is 5.97 Å². The van der Waals surface area contributed by atoms with Crippen LogP contribution in [0.5, 0.6) is 0 Å². The third-order valence-electron chi connectivity index (χ3n) is 5.29. The highest BCUT2D eigenvalue weighted by atomic mass is 32.2. The number of benzene rings is 2. The normalized spacial score (nSPS) is 23.0. The number of hydrogen-bond acceptors (Lipinski definition) is 4. The highest BCUT2D eigenvalue weighted by molar-refractivity contribution is 7.99. The molecule has 156 valence electrons. The van der Waals surface area contributed by atoms with E-state index in [4.69, 9.17) is 0 Å². The first-order valence-electron chi connectivity index (χ1n) is 9.82. The van der Waals surface area contributed by atoms with Gasteiger partial charge in [-0.15, -0.1) is 0 Å². The van der Waals surface area contributed by atoms with Gasteiger partial charge in [0.1, 0.15) is 0 Å². The van der Waals surface area contributed by atoms with E-state index in [2.05, 4.69) is 6.92 Å². The average Bonchev–Trinajstić information content (AvgIpc) is 2.72. The summed E-state index contributed by atoms with van der Waals surface area (Å²) < 4.78 is 28.3. The second kappa shape index (κ2) is 9.32. The van der Waals surface area contributed by atoms with E-state index < -0.39 is 21.9 Å². The van der Waals surface area contributed by atoms with E-state index in [1.165, 1.54) is 4.31 Å². The van der Waals surface area contributed by atoms with Crippen LogP contribution >= 0.6 is 11.8 Å². The Morgan fingerprint density at radius 3 is 2.38 bits per heavy atom. The summed E-state index contributed by atoms with van der Waals surface area (Å²) in [7, 11) is -3.82. The Balaban J connectivity index is 2.04. The Bertz CT molecular complexity index is 929. The summed E-state index contributed by atoms with van der Waals surface area (Å²) in [5.74, 6) is -0.804. The summed E-state index contributed by atoms with van der Waals surface area (Å²) in [6.45, 7) is 4.03. The zero-order chi connectivity index (χ0) is 21.0. The van der Waals surface area contributed by atoms with Crippen molar-refractivity contribution in [2.45, 2.75) is 42.9 Å².